The third-order valence-corrected chi connectivity index (χ3v) is 7.91. The van der Waals surface area contributed by atoms with Gasteiger partial charge in [-0.1, -0.05) is 32.0 Å². The highest BCUT2D eigenvalue weighted by molar-refractivity contribution is 5.83. The molecular weight excluding hydrogens is 425 g/mol. The summed E-state index contributed by atoms with van der Waals surface area (Å²) in [7, 11) is 0. The number of nitrogens with one attached hydrogen (secondary N) is 1. The Morgan fingerprint density at radius 1 is 1.03 bits per heavy atom. The monoisotopic (exact) mass is 458 g/mol. The lowest BCUT2D eigenvalue weighted by atomic mass is 9.74. The SMILES string of the molecule is CC(C)C1(C(=O)NCc2ccc(F)c(F)c2)CCC(N2CCC(c3ccc(F)cc3)CC2)C1. The molecule has 1 saturated carbocycles. The molecule has 1 saturated heterocycles. The zero-order valence-corrected chi connectivity index (χ0v) is 19.4. The summed E-state index contributed by atoms with van der Waals surface area (Å²) < 4.78 is 39.9. The van der Waals surface area contributed by atoms with Crippen LogP contribution in [0.25, 0.3) is 0 Å². The fourth-order valence-corrected chi connectivity index (χ4v) is 5.69. The van der Waals surface area contributed by atoms with E-state index in [4.69, 9.17) is 0 Å². The van der Waals surface area contributed by atoms with Crippen LogP contribution >= 0.6 is 0 Å². The first-order chi connectivity index (χ1) is 15.8. The number of likely N-dealkylation sites (tertiary alicyclic amines) is 1. The Labute approximate surface area is 194 Å². The molecule has 6 heteroatoms. The summed E-state index contributed by atoms with van der Waals surface area (Å²) >= 11 is 0. The van der Waals surface area contributed by atoms with Crippen LogP contribution in [0.5, 0.6) is 0 Å². The van der Waals surface area contributed by atoms with Crippen molar-refractivity contribution in [2.75, 3.05) is 13.1 Å². The molecule has 0 bridgehead atoms. The summed E-state index contributed by atoms with van der Waals surface area (Å²) in [5.74, 6) is -1.33. The Bertz CT molecular complexity index is 970. The number of nitrogens with zero attached hydrogens (tertiary/aromatic N) is 1. The van der Waals surface area contributed by atoms with E-state index in [9.17, 15) is 18.0 Å². The fourth-order valence-electron chi connectivity index (χ4n) is 5.69. The van der Waals surface area contributed by atoms with Gasteiger partial charge in [-0.3, -0.25) is 4.79 Å². The van der Waals surface area contributed by atoms with E-state index in [1.807, 2.05) is 12.1 Å². The molecule has 2 aromatic rings. The molecule has 0 spiro atoms. The molecule has 1 aliphatic heterocycles. The van der Waals surface area contributed by atoms with E-state index < -0.39 is 17.0 Å². The van der Waals surface area contributed by atoms with Gasteiger partial charge in [0, 0.05) is 12.6 Å². The minimum Gasteiger partial charge on any atom is -0.352 e. The molecule has 1 heterocycles. The molecule has 2 aliphatic rings. The van der Waals surface area contributed by atoms with E-state index in [-0.39, 0.29) is 24.2 Å². The number of rotatable bonds is 6. The molecule has 0 aromatic heterocycles. The second-order valence-electron chi connectivity index (χ2n) is 10.0. The maximum atomic E-state index is 13.5. The molecule has 0 radical (unpaired) electrons. The Balaban J connectivity index is 1.35. The molecule has 1 aliphatic carbocycles. The van der Waals surface area contributed by atoms with Crippen molar-refractivity contribution in [3.05, 3.63) is 71.0 Å². The maximum Gasteiger partial charge on any atom is 0.226 e. The first-order valence-electron chi connectivity index (χ1n) is 12.0. The normalized spacial score (nSPS) is 24.4. The highest BCUT2D eigenvalue weighted by atomic mass is 19.2. The number of hydrogen-bond donors (Lipinski definition) is 1. The van der Waals surface area contributed by atoms with Gasteiger partial charge in [-0.25, -0.2) is 13.2 Å². The van der Waals surface area contributed by atoms with Crippen molar-refractivity contribution in [2.24, 2.45) is 11.3 Å². The predicted molar refractivity (Wildman–Crippen MR) is 123 cm³/mol. The summed E-state index contributed by atoms with van der Waals surface area (Å²) in [4.78, 5) is 15.8. The molecule has 2 aromatic carbocycles. The number of carbonyl (C=O) groups excluding carboxylic acids is 1. The van der Waals surface area contributed by atoms with E-state index in [2.05, 4.69) is 24.1 Å². The summed E-state index contributed by atoms with van der Waals surface area (Å²) in [5, 5.41) is 2.99. The second-order valence-corrected chi connectivity index (χ2v) is 10.0. The van der Waals surface area contributed by atoms with E-state index in [1.165, 1.54) is 23.8 Å². The number of hydrogen-bond acceptors (Lipinski definition) is 2. The van der Waals surface area contributed by atoms with Crippen LogP contribution in [0.1, 0.15) is 63.0 Å². The Morgan fingerprint density at radius 2 is 1.73 bits per heavy atom. The van der Waals surface area contributed by atoms with Gasteiger partial charge in [-0.15, -0.1) is 0 Å². The zero-order valence-electron chi connectivity index (χ0n) is 19.4. The van der Waals surface area contributed by atoms with Crippen LogP contribution in [-0.4, -0.2) is 29.9 Å². The van der Waals surface area contributed by atoms with Gasteiger partial charge < -0.3 is 10.2 Å². The lowest BCUT2D eigenvalue weighted by Gasteiger charge is -2.38. The van der Waals surface area contributed by atoms with E-state index in [0.717, 1.165) is 57.3 Å². The highest BCUT2D eigenvalue weighted by Gasteiger charge is 2.48. The molecule has 2 unspecified atom stereocenters. The summed E-state index contributed by atoms with van der Waals surface area (Å²) in [6, 6.07) is 11.0. The number of carbonyl (C=O) groups is 1. The van der Waals surface area contributed by atoms with Crippen LogP contribution in [0, 0.1) is 28.8 Å². The van der Waals surface area contributed by atoms with Crippen molar-refractivity contribution in [2.45, 2.75) is 64.5 Å². The van der Waals surface area contributed by atoms with Gasteiger partial charge in [-0.05, 0) is 92.4 Å². The van der Waals surface area contributed by atoms with Gasteiger partial charge in [0.15, 0.2) is 11.6 Å². The van der Waals surface area contributed by atoms with Crippen LogP contribution < -0.4 is 5.32 Å². The minimum atomic E-state index is -0.898. The van der Waals surface area contributed by atoms with Gasteiger partial charge >= 0.3 is 0 Å². The number of halogens is 3. The summed E-state index contributed by atoms with van der Waals surface area (Å²) in [5.41, 5.74) is 1.31. The predicted octanol–water partition coefficient (Wildman–Crippen LogP) is 5.79. The van der Waals surface area contributed by atoms with Crippen molar-refractivity contribution in [1.29, 1.82) is 0 Å². The van der Waals surface area contributed by atoms with Crippen molar-refractivity contribution >= 4 is 5.91 Å². The molecule has 1 N–H and O–H groups in total. The standard InChI is InChI=1S/C27H33F3N2O/c1-18(2)27(26(33)31-17-19-3-8-24(29)25(30)15-19)12-9-23(16-27)32-13-10-21(11-14-32)20-4-6-22(28)7-5-20/h3-8,15,18,21,23H,9-14,16-17H2,1-2H3,(H,31,33). The van der Waals surface area contributed by atoms with E-state index >= 15 is 0 Å². The van der Waals surface area contributed by atoms with Crippen LogP contribution in [0.2, 0.25) is 0 Å². The minimum absolute atomic E-state index is 0.00549. The average molecular weight is 459 g/mol. The Morgan fingerprint density at radius 3 is 2.36 bits per heavy atom. The van der Waals surface area contributed by atoms with Gasteiger partial charge in [0.05, 0.1) is 5.41 Å². The Hall–Kier alpha value is -2.34. The van der Waals surface area contributed by atoms with E-state index in [0.29, 0.717) is 17.5 Å². The van der Waals surface area contributed by atoms with Crippen molar-refractivity contribution in [3.63, 3.8) is 0 Å². The smallest absolute Gasteiger partial charge is 0.226 e. The van der Waals surface area contributed by atoms with Crippen molar-refractivity contribution in [3.8, 4) is 0 Å². The summed E-state index contributed by atoms with van der Waals surface area (Å²) in [6.07, 6.45) is 4.71. The largest absolute Gasteiger partial charge is 0.352 e. The molecule has 33 heavy (non-hydrogen) atoms. The van der Waals surface area contributed by atoms with Gasteiger partial charge in [0.1, 0.15) is 5.82 Å². The Kier molecular flexibility index (Phi) is 7.13. The first-order valence-corrected chi connectivity index (χ1v) is 12.0. The second kappa shape index (κ2) is 9.88. The molecule has 1 amide bonds. The number of amides is 1. The highest BCUT2D eigenvalue weighted by Crippen LogP contribution is 2.47. The molecule has 2 atom stereocenters. The van der Waals surface area contributed by atoms with Crippen LogP contribution in [0.4, 0.5) is 13.2 Å². The molecular formula is C27H33F3N2O. The topological polar surface area (TPSA) is 32.3 Å². The van der Waals surface area contributed by atoms with Gasteiger partial charge in [-0.2, -0.15) is 0 Å². The quantitative estimate of drug-likeness (QED) is 0.594. The summed E-state index contributed by atoms with van der Waals surface area (Å²) in [6.45, 7) is 6.35. The molecule has 3 nitrogen and oxygen atoms in total. The molecule has 2 fully saturated rings. The van der Waals surface area contributed by atoms with Crippen LogP contribution in [-0.2, 0) is 11.3 Å². The lowest BCUT2D eigenvalue weighted by Crippen LogP contribution is -2.45. The molecule has 178 valence electrons. The third-order valence-electron chi connectivity index (χ3n) is 7.91. The fraction of sp³-hybridized carbons (Fsp3) is 0.519. The van der Waals surface area contributed by atoms with E-state index in [1.54, 1.807) is 0 Å². The number of piperidine rings is 1. The van der Waals surface area contributed by atoms with Gasteiger partial charge in [0.25, 0.3) is 0 Å². The first kappa shape index (κ1) is 23.8. The van der Waals surface area contributed by atoms with Crippen molar-refractivity contribution < 1.29 is 18.0 Å². The average Bonchev–Trinajstić information content (AvgIpc) is 3.27. The van der Waals surface area contributed by atoms with Gasteiger partial charge in [0.2, 0.25) is 5.91 Å². The maximum absolute atomic E-state index is 13.5. The zero-order chi connectivity index (χ0) is 23.6. The molecule has 4 rings (SSSR count). The van der Waals surface area contributed by atoms with Crippen LogP contribution in [0.3, 0.4) is 0 Å². The van der Waals surface area contributed by atoms with Crippen molar-refractivity contribution in [1.82, 2.24) is 10.2 Å². The van der Waals surface area contributed by atoms with Crippen LogP contribution in [0.15, 0.2) is 42.5 Å². The number of benzene rings is 2. The third kappa shape index (κ3) is 5.11. The lowest BCUT2D eigenvalue weighted by molar-refractivity contribution is -0.133.